The van der Waals surface area contributed by atoms with E-state index in [0.29, 0.717) is 41.2 Å². The number of aliphatic hydroxyl groups is 1. The molecule has 0 unspecified atom stereocenters. The van der Waals surface area contributed by atoms with Crippen LogP contribution < -0.4 is 10.1 Å². The van der Waals surface area contributed by atoms with Crippen LogP contribution in [-0.4, -0.2) is 80.0 Å². The van der Waals surface area contributed by atoms with Crippen molar-refractivity contribution in [2.75, 3.05) is 31.6 Å². The van der Waals surface area contributed by atoms with Crippen LogP contribution in [0.1, 0.15) is 78.1 Å². The summed E-state index contributed by atoms with van der Waals surface area (Å²) in [5, 5.41) is 21.8. The molecule has 0 bridgehead atoms. The van der Waals surface area contributed by atoms with E-state index in [4.69, 9.17) is 9.47 Å². The molecule has 1 aromatic heterocycles. The van der Waals surface area contributed by atoms with Gasteiger partial charge < -0.3 is 24.8 Å². The van der Waals surface area contributed by atoms with Crippen LogP contribution in [0.2, 0.25) is 0 Å². The van der Waals surface area contributed by atoms with Gasteiger partial charge in [0, 0.05) is 29.9 Å². The quantitative estimate of drug-likeness (QED) is 0.124. The van der Waals surface area contributed by atoms with Crippen LogP contribution in [0.25, 0.3) is 11.0 Å². The minimum Gasteiger partial charge on any atom is -0.491 e. The fourth-order valence-electron chi connectivity index (χ4n) is 10.5. The number of aromatic nitrogens is 3. The van der Waals surface area contributed by atoms with Gasteiger partial charge in [-0.2, -0.15) is 0 Å². The number of carbonyl (C=O) groups is 3. The van der Waals surface area contributed by atoms with E-state index in [9.17, 15) is 5.11 Å². The van der Waals surface area contributed by atoms with Crippen molar-refractivity contribution in [2.24, 2.45) is 5.92 Å². The first-order valence-corrected chi connectivity index (χ1v) is 21.9. The Balaban J connectivity index is 1.22. The van der Waals surface area contributed by atoms with Crippen molar-refractivity contribution in [3.63, 3.8) is 0 Å². The summed E-state index contributed by atoms with van der Waals surface area (Å²) in [4.78, 5) is 50.9. The molecule has 0 aliphatic carbocycles. The fraction of sp³-hybridized carbons (Fsp3) is 0.314. The molecule has 2 N–H and O–H groups in total. The van der Waals surface area contributed by atoms with Crippen LogP contribution in [0.5, 0.6) is 5.75 Å². The van der Waals surface area contributed by atoms with E-state index in [1.54, 1.807) is 4.68 Å². The number of hydrogen-bond donors (Lipinski definition) is 2. The first-order chi connectivity index (χ1) is 31.0. The van der Waals surface area contributed by atoms with Crippen LogP contribution >= 0.6 is 0 Å². The maximum absolute atomic E-state index is 15.9. The number of esters is 1. The van der Waals surface area contributed by atoms with Gasteiger partial charge in [0.1, 0.15) is 42.0 Å². The van der Waals surface area contributed by atoms with Gasteiger partial charge >= 0.3 is 5.97 Å². The number of nitrogens with zero attached hydrogens (tertiary/aromatic N) is 5. The Morgan fingerprint density at radius 1 is 0.825 bits per heavy atom. The number of morpholine rings is 1. The molecule has 5 aromatic carbocycles. The summed E-state index contributed by atoms with van der Waals surface area (Å²) in [6.45, 7) is 1.06. The molecule has 3 saturated heterocycles. The standard InChI is InChI=1S/C51H48N6O6/c58-31-32-62-42-25-13-10-22-37(42)47-51(38-33-34(26-27-39(38)52-50(51)61)17-16-30-56-41-24-12-11-23-40(41)53-54-56)43(48(59)55-28-14-2-1-3-15-29-55)45-49(60)63-46(36-20-8-5-9-21-36)44(57(45)47)35-18-6-4-7-19-35/h4-13,18-27,33,43-47,58H,1-3,14-15,28-32H2,(H,52,61)/t43-,44-,45-,46+,47+,51-/m1/s1. The Morgan fingerprint density at radius 2 is 1.52 bits per heavy atom. The number of fused-ring (bicyclic) bond motifs is 4. The number of rotatable bonds is 8. The third-order valence-electron chi connectivity index (χ3n) is 13.2. The van der Waals surface area contributed by atoms with E-state index in [1.165, 1.54) is 0 Å². The molecule has 12 heteroatoms. The number of para-hydroxylation sites is 2. The van der Waals surface area contributed by atoms with Crippen LogP contribution in [0, 0.1) is 17.8 Å². The van der Waals surface area contributed by atoms with Gasteiger partial charge in [-0.1, -0.05) is 127 Å². The second-order valence-corrected chi connectivity index (χ2v) is 16.7. The van der Waals surface area contributed by atoms with Crippen molar-refractivity contribution in [2.45, 2.75) is 68.3 Å². The molecule has 6 aromatic rings. The number of aliphatic hydroxyl groups excluding tert-OH is 1. The monoisotopic (exact) mass is 840 g/mol. The van der Waals surface area contributed by atoms with E-state index < -0.39 is 47.4 Å². The lowest BCUT2D eigenvalue weighted by atomic mass is 9.64. The van der Waals surface area contributed by atoms with E-state index in [-0.39, 0.29) is 25.7 Å². The molecular weight excluding hydrogens is 793 g/mol. The average Bonchev–Trinajstić information content (AvgIpc) is 3.96. The topological polar surface area (TPSA) is 139 Å². The minimum absolute atomic E-state index is 0.00330. The maximum Gasteiger partial charge on any atom is 0.324 e. The summed E-state index contributed by atoms with van der Waals surface area (Å²) in [5.74, 6) is 4.58. The van der Waals surface area contributed by atoms with Gasteiger partial charge in [0.05, 0.1) is 30.1 Å². The largest absolute Gasteiger partial charge is 0.491 e. The summed E-state index contributed by atoms with van der Waals surface area (Å²) in [7, 11) is 0. The Kier molecular flexibility index (Phi) is 11.0. The average molecular weight is 841 g/mol. The van der Waals surface area contributed by atoms with Crippen molar-refractivity contribution >= 4 is 34.5 Å². The SMILES string of the molecule is O=C1O[C@@H](c2ccccc2)[C@@H](c2ccccc2)N2[C@@H](c3ccccc3OCCO)[C@]3(C(=O)Nc4ccc(C#CCn5nnc6ccccc65)cc43)[C@@H](C(=O)N3CCCCCCC3)[C@H]12. The highest BCUT2D eigenvalue weighted by molar-refractivity contribution is 6.12. The number of carbonyl (C=O) groups excluding carboxylic acids is 3. The van der Waals surface area contributed by atoms with Crippen molar-refractivity contribution in [3.8, 4) is 17.6 Å². The van der Waals surface area contributed by atoms with Crippen LogP contribution in [0.15, 0.2) is 127 Å². The molecule has 6 atom stereocenters. The zero-order valence-electron chi connectivity index (χ0n) is 34.8. The predicted molar refractivity (Wildman–Crippen MR) is 236 cm³/mol. The summed E-state index contributed by atoms with van der Waals surface area (Å²) in [6, 6.07) is 37.5. The van der Waals surface area contributed by atoms with Crippen LogP contribution in [0.3, 0.4) is 0 Å². The Hall–Kier alpha value is -6.81. The molecular formula is C51H48N6O6. The van der Waals surface area contributed by atoms with Gasteiger partial charge in [0.15, 0.2) is 0 Å². The fourth-order valence-corrected chi connectivity index (χ4v) is 10.5. The smallest absolute Gasteiger partial charge is 0.324 e. The molecule has 0 saturated carbocycles. The first-order valence-electron chi connectivity index (χ1n) is 21.9. The minimum atomic E-state index is -1.68. The van der Waals surface area contributed by atoms with Gasteiger partial charge in [0.2, 0.25) is 11.8 Å². The van der Waals surface area contributed by atoms with Crippen molar-refractivity contribution in [3.05, 3.63) is 155 Å². The van der Waals surface area contributed by atoms with Gasteiger partial charge in [-0.05, 0) is 65.9 Å². The predicted octanol–water partition coefficient (Wildman–Crippen LogP) is 6.92. The zero-order valence-corrected chi connectivity index (χ0v) is 34.8. The molecule has 4 aliphatic heterocycles. The molecule has 0 radical (unpaired) electrons. The number of amides is 2. The third kappa shape index (κ3) is 7.02. The van der Waals surface area contributed by atoms with Crippen molar-refractivity contribution in [1.29, 1.82) is 0 Å². The van der Waals surface area contributed by atoms with E-state index in [2.05, 4.69) is 32.4 Å². The highest BCUT2D eigenvalue weighted by atomic mass is 16.6. The lowest BCUT2D eigenvalue weighted by Gasteiger charge is -2.46. The lowest BCUT2D eigenvalue weighted by molar-refractivity contribution is -0.179. The molecule has 12 nitrogen and oxygen atoms in total. The molecule has 2 amide bonds. The Labute approximate surface area is 365 Å². The zero-order chi connectivity index (χ0) is 42.9. The summed E-state index contributed by atoms with van der Waals surface area (Å²) in [6.07, 6.45) is 3.90. The number of likely N-dealkylation sites (tertiary alicyclic amines) is 1. The number of hydrogen-bond acceptors (Lipinski definition) is 9. The van der Waals surface area contributed by atoms with Gasteiger partial charge in [-0.3, -0.25) is 19.3 Å². The summed E-state index contributed by atoms with van der Waals surface area (Å²) < 4.78 is 14.7. The molecule has 1 spiro atoms. The normalized spacial score (nSPS) is 24.4. The Bertz CT molecular complexity index is 2720. The first kappa shape index (κ1) is 40.3. The van der Waals surface area contributed by atoms with Gasteiger partial charge in [-0.25, -0.2) is 4.68 Å². The second-order valence-electron chi connectivity index (χ2n) is 16.7. The second kappa shape index (κ2) is 17.2. The lowest BCUT2D eigenvalue weighted by Crippen LogP contribution is -2.55. The molecule has 10 rings (SSSR count). The molecule has 5 heterocycles. The van der Waals surface area contributed by atoms with Crippen molar-refractivity contribution < 1.29 is 29.0 Å². The van der Waals surface area contributed by atoms with E-state index in [0.717, 1.165) is 54.3 Å². The Morgan fingerprint density at radius 3 is 2.30 bits per heavy atom. The molecule has 318 valence electrons. The highest BCUT2D eigenvalue weighted by Crippen LogP contribution is 2.66. The van der Waals surface area contributed by atoms with E-state index in [1.807, 2.05) is 132 Å². The van der Waals surface area contributed by atoms with Crippen LogP contribution in [0.4, 0.5) is 5.69 Å². The molecule has 63 heavy (non-hydrogen) atoms. The summed E-state index contributed by atoms with van der Waals surface area (Å²) >= 11 is 0. The number of anilines is 1. The number of nitrogens with one attached hydrogen (secondary N) is 1. The summed E-state index contributed by atoms with van der Waals surface area (Å²) in [5.41, 5.74) is 3.94. The van der Waals surface area contributed by atoms with E-state index >= 15 is 14.4 Å². The molecule has 3 fully saturated rings. The third-order valence-corrected chi connectivity index (χ3v) is 13.2. The number of ether oxygens (including phenoxy) is 2. The van der Waals surface area contributed by atoms with Crippen molar-refractivity contribution in [1.82, 2.24) is 24.8 Å². The highest BCUT2D eigenvalue weighted by Gasteiger charge is 2.74. The van der Waals surface area contributed by atoms with Gasteiger partial charge in [0.25, 0.3) is 0 Å². The number of benzene rings is 5. The van der Waals surface area contributed by atoms with Crippen LogP contribution in [-0.2, 0) is 31.1 Å². The van der Waals surface area contributed by atoms with Gasteiger partial charge in [-0.15, -0.1) is 5.10 Å². The maximum atomic E-state index is 15.9. The molecule has 4 aliphatic rings. The number of cyclic esters (lactones) is 1.